The van der Waals surface area contributed by atoms with Gasteiger partial charge in [-0.2, -0.15) is 13.2 Å². The number of alkyl halides is 3. The van der Waals surface area contributed by atoms with Gasteiger partial charge in [-0.15, -0.1) is 0 Å². The summed E-state index contributed by atoms with van der Waals surface area (Å²) in [6.07, 6.45) is 1.24. The van der Waals surface area contributed by atoms with Crippen LogP contribution in [-0.4, -0.2) is 95.3 Å². The Bertz CT molecular complexity index is 1280. The highest BCUT2D eigenvalue weighted by Crippen LogP contribution is 2.35. The molecule has 6 rings (SSSR count). The van der Waals surface area contributed by atoms with E-state index in [1.165, 1.54) is 4.90 Å². The number of hydrogen-bond acceptors (Lipinski definition) is 6. The Morgan fingerprint density at radius 3 is 2.82 bits per heavy atom. The summed E-state index contributed by atoms with van der Waals surface area (Å²) in [4.78, 5) is 37.4. The molecule has 0 spiro atoms. The van der Waals surface area contributed by atoms with Gasteiger partial charge in [0.1, 0.15) is 11.7 Å². The fraction of sp³-hybridized carbons (Fsp3) is 0.593. The molecule has 0 aromatic carbocycles. The molecule has 3 aliphatic heterocycles. The Kier molecular flexibility index (Phi) is 6.99. The van der Waals surface area contributed by atoms with Gasteiger partial charge < -0.3 is 24.7 Å². The van der Waals surface area contributed by atoms with E-state index in [1.54, 1.807) is 6.33 Å². The standard InChI is InChI=1S/C27H30F3N5O4/c28-27(29,30)17-2-1-16-5-8-34(26(37)19(16)11-17)14-24(36)33-21-12-35(18-6-9-38-10-7-18)13-23(21)39-22-4-3-20-25(22)32-15-31-20/h11,15,18,21-23H,3-10,12-14H2,(H,31,32)(H,33,36)/t21?,22?,23-/m0/s1. The minimum absolute atomic E-state index is 0.0797. The zero-order valence-electron chi connectivity index (χ0n) is 21.4. The van der Waals surface area contributed by atoms with Crippen molar-refractivity contribution in [2.75, 3.05) is 39.4 Å². The Morgan fingerprint density at radius 1 is 1.21 bits per heavy atom. The lowest BCUT2D eigenvalue weighted by molar-refractivity contribution is -0.134. The van der Waals surface area contributed by atoms with Crippen LogP contribution in [0, 0.1) is 0 Å². The van der Waals surface area contributed by atoms with Gasteiger partial charge in [0.2, 0.25) is 5.91 Å². The monoisotopic (exact) mass is 545 g/mol. The van der Waals surface area contributed by atoms with E-state index in [1.807, 2.05) is 0 Å². The van der Waals surface area contributed by atoms with Gasteiger partial charge in [-0.3, -0.25) is 14.5 Å². The number of ether oxygens (including phenoxy) is 2. The van der Waals surface area contributed by atoms with Crippen LogP contribution in [-0.2, 0) is 25.5 Å². The number of carbonyl (C=O) groups excluding carboxylic acids is 2. The number of aromatic nitrogens is 2. The number of aromatic amines is 1. The van der Waals surface area contributed by atoms with Gasteiger partial charge in [0, 0.05) is 50.2 Å². The lowest BCUT2D eigenvalue weighted by Crippen LogP contribution is -2.50. The first-order valence-electron chi connectivity index (χ1n) is 13.4. The normalized spacial score (nSPS) is 27.7. The molecule has 12 heteroatoms. The molecule has 9 nitrogen and oxygen atoms in total. The number of H-pyrrole nitrogens is 1. The fourth-order valence-corrected chi connectivity index (χ4v) is 6.11. The van der Waals surface area contributed by atoms with Gasteiger partial charge in [0.25, 0.3) is 5.91 Å². The van der Waals surface area contributed by atoms with Crippen LogP contribution in [0.5, 0.6) is 0 Å². The van der Waals surface area contributed by atoms with Crippen molar-refractivity contribution < 1.29 is 32.2 Å². The zero-order valence-corrected chi connectivity index (χ0v) is 21.4. The molecule has 3 saturated heterocycles. The maximum Gasteiger partial charge on any atom is 0.424 e. The van der Waals surface area contributed by atoms with Crippen molar-refractivity contribution in [2.24, 2.45) is 0 Å². The second kappa shape index (κ2) is 10.4. The highest BCUT2D eigenvalue weighted by molar-refractivity contribution is 6.01. The van der Waals surface area contributed by atoms with Gasteiger partial charge in [-0.25, -0.2) is 4.98 Å². The molecule has 2 N–H and O–H groups in total. The molecule has 2 amide bonds. The highest BCUT2D eigenvalue weighted by atomic mass is 19.4. The number of amides is 2. The number of likely N-dealkylation sites (tertiary alicyclic amines) is 2. The average Bonchev–Trinajstić information content (AvgIpc) is 3.64. The molecule has 0 radical (unpaired) electrons. The van der Waals surface area contributed by atoms with Crippen LogP contribution in [0.25, 0.3) is 0 Å². The van der Waals surface area contributed by atoms with Gasteiger partial charge in [0.05, 0.1) is 36.3 Å². The van der Waals surface area contributed by atoms with Crippen LogP contribution >= 0.6 is 0 Å². The topological polar surface area (TPSA) is 99.8 Å². The molecule has 5 aliphatic rings. The van der Waals surface area contributed by atoms with Crippen molar-refractivity contribution in [3.63, 3.8) is 0 Å². The number of imidazole rings is 1. The Labute approximate surface area is 223 Å². The fourth-order valence-electron chi connectivity index (χ4n) is 6.11. The summed E-state index contributed by atoms with van der Waals surface area (Å²) >= 11 is 0. The van der Waals surface area contributed by atoms with Crippen LogP contribution in [0.1, 0.15) is 43.2 Å². The first kappa shape index (κ1) is 26.1. The maximum atomic E-state index is 13.2. The van der Waals surface area contributed by atoms with E-state index < -0.39 is 17.7 Å². The number of nitrogens with one attached hydrogen (secondary N) is 2. The van der Waals surface area contributed by atoms with Crippen LogP contribution in [0.2, 0.25) is 0 Å². The quantitative estimate of drug-likeness (QED) is 0.532. The third-order valence-electron chi connectivity index (χ3n) is 8.15. The van der Waals surface area contributed by atoms with Crippen LogP contribution < -0.4 is 5.32 Å². The molecule has 208 valence electrons. The zero-order chi connectivity index (χ0) is 27.1. The molecule has 0 bridgehead atoms. The molecular formula is C27H30F3N5O4. The van der Waals surface area contributed by atoms with Gasteiger partial charge in [0.15, 0.2) is 0 Å². The van der Waals surface area contributed by atoms with Gasteiger partial charge in [-0.05, 0) is 38.2 Å². The Morgan fingerprint density at radius 2 is 2.03 bits per heavy atom. The summed E-state index contributed by atoms with van der Waals surface area (Å²) in [6, 6.07) is 0.0441. The summed E-state index contributed by atoms with van der Waals surface area (Å²) in [7, 11) is 0. The van der Waals surface area contributed by atoms with Crippen LogP contribution in [0.3, 0.4) is 0 Å². The van der Waals surface area contributed by atoms with E-state index in [9.17, 15) is 22.8 Å². The summed E-state index contributed by atoms with van der Waals surface area (Å²) in [5.41, 5.74) is 5.82. The number of allylic oxidation sites excluding steroid dienone is 2. The SMILES string of the molecule is O=C(CN1CCC2=C=C=C(C(F)(F)F)C=C2C1=O)NC1CN(C2CCOCC2)C[C@@H]1OC1CCc2[nH]cnc21. The van der Waals surface area contributed by atoms with E-state index in [-0.39, 0.29) is 42.8 Å². The van der Waals surface area contributed by atoms with E-state index in [0.29, 0.717) is 44.3 Å². The number of aryl methyl sites for hydroxylation is 1. The van der Waals surface area contributed by atoms with E-state index in [4.69, 9.17) is 9.47 Å². The number of fused-ring (bicyclic) bond motifs is 2. The van der Waals surface area contributed by atoms with Crippen molar-refractivity contribution in [3.05, 3.63) is 52.0 Å². The van der Waals surface area contributed by atoms with E-state index in [2.05, 4.69) is 31.6 Å². The summed E-state index contributed by atoms with van der Waals surface area (Å²) in [5.74, 6) is -0.976. The molecule has 4 heterocycles. The van der Waals surface area contributed by atoms with Crippen molar-refractivity contribution in [1.82, 2.24) is 25.1 Å². The first-order chi connectivity index (χ1) is 18.8. The molecule has 39 heavy (non-hydrogen) atoms. The van der Waals surface area contributed by atoms with Crippen molar-refractivity contribution >= 4 is 11.8 Å². The lowest BCUT2D eigenvalue weighted by atomic mass is 9.93. The number of halogens is 3. The molecule has 0 saturated carbocycles. The van der Waals surface area contributed by atoms with Crippen molar-refractivity contribution in [2.45, 2.75) is 62.6 Å². The molecule has 2 unspecified atom stereocenters. The van der Waals surface area contributed by atoms with Crippen LogP contribution in [0.4, 0.5) is 13.2 Å². The molecule has 3 fully saturated rings. The molecule has 2 aliphatic carbocycles. The third-order valence-corrected chi connectivity index (χ3v) is 8.15. The maximum absolute atomic E-state index is 13.2. The van der Waals surface area contributed by atoms with E-state index >= 15 is 0 Å². The number of piperidine rings is 1. The highest BCUT2D eigenvalue weighted by Gasteiger charge is 2.42. The Hall–Kier alpha value is -3.14. The molecule has 1 aromatic heterocycles. The minimum atomic E-state index is -4.63. The second-order valence-electron chi connectivity index (χ2n) is 10.6. The third kappa shape index (κ3) is 5.35. The lowest BCUT2D eigenvalue weighted by Gasteiger charge is -2.31. The Balaban J connectivity index is 1.12. The summed E-state index contributed by atoms with van der Waals surface area (Å²) in [5, 5.41) is 3.06. The number of rotatable bonds is 6. The van der Waals surface area contributed by atoms with E-state index in [0.717, 1.165) is 43.1 Å². The van der Waals surface area contributed by atoms with Gasteiger partial charge >= 0.3 is 6.18 Å². The second-order valence-corrected chi connectivity index (χ2v) is 10.6. The largest absolute Gasteiger partial charge is 0.424 e. The number of carbonyl (C=O) groups is 2. The predicted octanol–water partition coefficient (Wildman–Crippen LogP) is 2.10. The summed E-state index contributed by atoms with van der Waals surface area (Å²) in [6.45, 7) is 2.65. The smallest absolute Gasteiger partial charge is 0.381 e. The first-order valence-corrected chi connectivity index (χ1v) is 13.4. The summed E-state index contributed by atoms with van der Waals surface area (Å²) < 4.78 is 51.5. The minimum Gasteiger partial charge on any atom is -0.381 e. The van der Waals surface area contributed by atoms with Gasteiger partial charge in [-0.1, -0.05) is 11.5 Å². The van der Waals surface area contributed by atoms with Crippen molar-refractivity contribution in [1.29, 1.82) is 0 Å². The molecule has 1 aromatic rings. The molecular weight excluding hydrogens is 515 g/mol. The van der Waals surface area contributed by atoms with Crippen molar-refractivity contribution in [3.8, 4) is 0 Å². The average molecular weight is 546 g/mol. The number of hydrogen-bond donors (Lipinski definition) is 2. The number of nitrogens with zero attached hydrogens (tertiary/aromatic N) is 3. The molecule has 3 atom stereocenters. The van der Waals surface area contributed by atoms with Crippen LogP contribution in [0.15, 0.2) is 40.6 Å². The predicted molar refractivity (Wildman–Crippen MR) is 131 cm³/mol.